The maximum Gasteiger partial charge on any atom is 0.241 e. The van der Waals surface area contributed by atoms with Crippen LogP contribution in [0.3, 0.4) is 0 Å². The van der Waals surface area contributed by atoms with E-state index in [0.717, 1.165) is 22.2 Å². The largest absolute Gasteiger partial charge is 0.380 e. The lowest BCUT2D eigenvalue weighted by Crippen LogP contribution is -2.35. The van der Waals surface area contributed by atoms with Crippen LogP contribution in [0, 0.1) is 3.57 Å². The van der Waals surface area contributed by atoms with Crippen molar-refractivity contribution in [2.45, 2.75) is 18.6 Å². The fourth-order valence-electron chi connectivity index (χ4n) is 1.86. The number of halogens is 1. The van der Waals surface area contributed by atoms with Crippen LogP contribution in [0.25, 0.3) is 0 Å². The predicted octanol–water partition coefficient (Wildman–Crippen LogP) is 1.61. The number of carbonyl (C=O) groups excluding carboxylic acids is 1. The number of anilines is 1. The molecule has 17 heavy (non-hydrogen) atoms. The second-order valence-corrected chi connectivity index (χ2v) is 5.19. The van der Waals surface area contributed by atoms with E-state index >= 15 is 0 Å². The van der Waals surface area contributed by atoms with Crippen LogP contribution in [-0.4, -0.2) is 31.7 Å². The lowest BCUT2D eigenvalue weighted by Gasteiger charge is -2.12. The van der Waals surface area contributed by atoms with Gasteiger partial charge in [0.2, 0.25) is 5.91 Å². The van der Waals surface area contributed by atoms with Crippen molar-refractivity contribution in [3.63, 3.8) is 0 Å². The number of carbonyl (C=O) groups is 1. The zero-order valence-corrected chi connectivity index (χ0v) is 11.7. The molecule has 4 nitrogen and oxygen atoms in total. The molecule has 2 unspecified atom stereocenters. The van der Waals surface area contributed by atoms with Crippen LogP contribution >= 0.6 is 22.6 Å². The Morgan fingerprint density at radius 2 is 2.29 bits per heavy atom. The quantitative estimate of drug-likeness (QED) is 0.818. The van der Waals surface area contributed by atoms with Gasteiger partial charge < -0.3 is 15.4 Å². The molecule has 1 fully saturated rings. The van der Waals surface area contributed by atoms with Gasteiger partial charge in [0.05, 0.1) is 17.8 Å². The van der Waals surface area contributed by atoms with Gasteiger partial charge in [0.15, 0.2) is 0 Å². The maximum absolute atomic E-state index is 12.0. The Labute approximate surface area is 114 Å². The van der Waals surface area contributed by atoms with Gasteiger partial charge in [-0.05, 0) is 41.1 Å². The molecule has 1 amide bonds. The monoisotopic (exact) mass is 346 g/mol. The molecule has 1 aliphatic heterocycles. The van der Waals surface area contributed by atoms with Crippen LogP contribution in [0.1, 0.15) is 6.42 Å². The summed E-state index contributed by atoms with van der Waals surface area (Å²) in [5, 5.41) is 6.09. The van der Waals surface area contributed by atoms with Crippen LogP contribution < -0.4 is 10.6 Å². The molecule has 2 rings (SSSR count). The molecule has 1 heterocycles. The van der Waals surface area contributed by atoms with Crippen LogP contribution in [0.4, 0.5) is 5.69 Å². The zero-order chi connectivity index (χ0) is 12.3. The van der Waals surface area contributed by atoms with Gasteiger partial charge in [-0.3, -0.25) is 4.79 Å². The molecule has 0 aliphatic carbocycles. The molecule has 2 N–H and O–H groups in total. The van der Waals surface area contributed by atoms with Crippen molar-refractivity contribution in [2.75, 3.05) is 19.0 Å². The fourth-order valence-corrected chi connectivity index (χ4v) is 2.39. The third-order valence-electron chi connectivity index (χ3n) is 2.87. The Kier molecular flexibility index (Phi) is 4.36. The number of methoxy groups -OCH3 is 1. The van der Waals surface area contributed by atoms with Crippen molar-refractivity contribution in [1.29, 1.82) is 0 Å². The second kappa shape index (κ2) is 5.79. The van der Waals surface area contributed by atoms with E-state index in [1.165, 1.54) is 0 Å². The summed E-state index contributed by atoms with van der Waals surface area (Å²) in [5.41, 5.74) is 0.862. The molecular formula is C12H15IN2O2. The molecule has 0 spiro atoms. The Morgan fingerprint density at radius 3 is 2.94 bits per heavy atom. The summed E-state index contributed by atoms with van der Waals surface area (Å²) in [5.74, 6) is 0.00802. The highest BCUT2D eigenvalue weighted by molar-refractivity contribution is 14.1. The molecule has 92 valence electrons. The van der Waals surface area contributed by atoms with Gasteiger partial charge in [0.1, 0.15) is 0 Å². The van der Waals surface area contributed by atoms with Crippen LogP contribution in [0.5, 0.6) is 0 Å². The molecule has 0 radical (unpaired) electrons. The Morgan fingerprint density at radius 1 is 1.53 bits per heavy atom. The molecule has 5 heteroatoms. The highest BCUT2D eigenvalue weighted by Gasteiger charge is 2.29. The fraction of sp³-hybridized carbons (Fsp3) is 0.417. The Bertz CT molecular complexity index is 411. The number of ether oxygens (including phenoxy) is 1. The van der Waals surface area contributed by atoms with E-state index in [4.69, 9.17) is 4.74 Å². The van der Waals surface area contributed by atoms with Crippen LogP contribution in [0.2, 0.25) is 0 Å². The highest BCUT2D eigenvalue weighted by atomic mass is 127. The third kappa shape index (κ3) is 3.17. The number of benzene rings is 1. The summed E-state index contributed by atoms with van der Waals surface area (Å²) in [4.78, 5) is 12.0. The average molecular weight is 346 g/mol. The van der Waals surface area contributed by atoms with E-state index in [1.807, 2.05) is 24.3 Å². The minimum absolute atomic E-state index is 0.00802. The van der Waals surface area contributed by atoms with E-state index < -0.39 is 0 Å². The first-order chi connectivity index (χ1) is 8.20. The smallest absolute Gasteiger partial charge is 0.241 e. The van der Waals surface area contributed by atoms with E-state index in [2.05, 4.69) is 33.2 Å². The Hall–Kier alpha value is -0.660. The molecule has 1 aromatic rings. The first-order valence-corrected chi connectivity index (χ1v) is 6.60. The number of hydrogen-bond donors (Lipinski definition) is 2. The van der Waals surface area contributed by atoms with Crippen LogP contribution in [-0.2, 0) is 9.53 Å². The molecule has 1 saturated heterocycles. The van der Waals surface area contributed by atoms with Gasteiger partial charge in [-0.1, -0.05) is 12.1 Å². The van der Waals surface area contributed by atoms with Crippen molar-refractivity contribution >= 4 is 34.2 Å². The lowest BCUT2D eigenvalue weighted by molar-refractivity contribution is -0.118. The summed E-state index contributed by atoms with van der Waals surface area (Å²) >= 11 is 2.21. The minimum atomic E-state index is -0.157. The molecule has 1 aliphatic rings. The van der Waals surface area contributed by atoms with Gasteiger partial charge in [0.25, 0.3) is 0 Å². The summed E-state index contributed by atoms with van der Waals surface area (Å²) in [6, 6.07) is 7.58. The Balaban J connectivity index is 1.96. The number of para-hydroxylation sites is 1. The SMILES string of the molecule is COC1CNC(C(=O)Nc2ccccc2I)C1. The summed E-state index contributed by atoms with van der Waals surface area (Å²) < 4.78 is 6.26. The highest BCUT2D eigenvalue weighted by Crippen LogP contribution is 2.18. The third-order valence-corrected chi connectivity index (χ3v) is 3.81. The first kappa shape index (κ1) is 12.8. The van der Waals surface area contributed by atoms with E-state index in [1.54, 1.807) is 7.11 Å². The standard InChI is InChI=1S/C12H15IN2O2/c1-17-8-6-11(14-7-8)12(16)15-10-5-3-2-4-9(10)13/h2-5,8,11,14H,6-7H2,1H3,(H,15,16). The molecule has 1 aromatic carbocycles. The summed E-state index contributed by atoms with van der Waals surface area (Å²) in [6.45, 7) is 0.737. The zero-order valence-electron chi connectivity index (χ0n) is 9.57. The number of rotatable bonds is 3. The van der Waals surface area contributed by atoms with E-state index in [-0.39, 0.29) is 18.1 Å². The predicted molar refractivity (Wildman–Crippen MR) is 75.0 cm³/mol. The number of amides is 1. The average Bonchev–Trinajstić information content (AvgIpc) is 2.81. The molecule has 0 aromatic heterocycles. The molecular weight excluding hydrogens is 331 g/mol. The summed E-state index contributed by atoms with van der Waals surface area (Å²) in [7, 11) is 1.67. The van der Waals surface area contributed by atoms with Crippen molar-refractivity contribution in [1.82, 2.24) is 5.32 Å². The molecule has 0 bridgehead atoms. The van der Waals surface area contributed by atoms with Gasteiger partial charge in [0, 0.05) is 17.2 Å². The van der Waals surface area contributed by atoms with Gasteiger partial charge in [-0.15, -0.1) is 0 Å². The van der Waals surface area contributed by atoms with Crippen LogP contribution in [0.15, 0.2) is 24.3 Å². The minimum Gasteiger partial charge on any atom is -0.380 e. The van der Waals surface area contributed by atoms with E-state index in [9.17, 15) is 4.79 Å². The van der Waals surface area contributed by atoms with Crippen molar-refractivity contribution in [3.8, 4) is 0 Å². The second-order valence-electron chi connectivity index (χ2n) is 4.02. The van der Waals surface area contributed by atoms with Crippen molar-refractivity contribution in [3.05, 3.63) is 27.8 Å². The van der Waals surface area contributed by atoms with Gasteiger partial charge in [-0.25, -0.2) is 0 Å². The summed E-state index contributed by atoms with van der Waals surface area (Å²) in [6.07, 6.45) is 0.867. The lowest BCUT2D eigenvalue weighted by atomic mass is 10.2. The number of hydrogen-bond acceptors (Lipinski definition) is 3. The normalized spacial score (nSPS) is 23.6. The van der Waals surface area contributed by atoms with Gasteiger partial charge >= 0.3 is 0 Å². The van der Waals surface area contributed by atoms with E-state index in [0.29, 0.717) is 0 Å². The first-order valence-electron chi connectivity index (χ1n) is 5.52. The van der Waals surface area contributed by atoms with Crippen molar-refractivity contribution < 1.29 is 9.53 Å². The van der Waals surface area contributed by atoms with Crippen molar-refractivity contribution in [2.24, 2.45) is 0 Å². The maximum atomic E-state index is 12.0. The topological polar surface area (TPSA) is 50.4 Å². The molecule has 2 atom stereocenters. The molecule has 0 saturated carbocycles. The number of nitrogens with one attached hydrogen (secondary N) is 2. The van der Waals surface area contributed by atoms with Gasteiger partial charge in [-0.2, -0.15) is 0 Å².